The lowest BCUT2D eigenvalue weighted by atomic mass is 10.2. The van der Waals surface area contributed by atoms with Crippen molar-refractivity contribution in [2.45, 2.75) is 11.8 Å². The first-order valence-electron chi connectivity index (χ1n) is 8.95. The van der Waals surface area contributed by atoms with Crippen LogP contribution in [0.4, 0.5) is 5.69 Å². The molecule has 1 aromatic heterocycles. The van der Waals surface area contributed by atoms with Crippen molar-refractivity contribution < 1.29 is 22.7 Å². The van der Waals surface area contributed by atoms with Gasteiger partial charge in [0.25, 0.3) is 21.8 Å². The zero-order valence-electron chi connectivity index (χ0n) is 16.6. The zero-order chi connectivity index (χ0) is 22.4. The predicted octanol–water partition coefficient (Wildman–Crippen LogP) is 1.67. The highest BCUT2D eigenvalue weighted by atomic mass is 32.2. The van der Waals surface area contributed by atoms with E-state index in [9.17, 15) is 18.0 Å². The largest absolute Gasteiger partial charge is 0.495 e. The molecular formula is C20H19N5O5S. The Kier molecular flexibility index (Phi) is 6.46. The number of aryl methyl sites for hydroxylation is 1. The smallest absolute Gasteiger partial charge is 0.289 e. The van der Waals surface area contributed by atoms with Gasteiger partial charge in [0.1, 0.15) is 11.4 Å². The van der Waals surface area contributed by atoms with E-state index in [2.05, 4.69) is 25.5 Å². The molecule has 31 heavy (non-hydrogen) atoms. The van der Waals surface area contributed by atoms with E-state index in [1.54, 1.807) is 31.2 Å². The molecule has 0 radical (unpaired) electrons. The van der Waals surface area contributed by atoms with Gasteiger partial charge >= 0.3 is 0 Å². The SMILES string of the molecule is COc1ccccc1NS(=O)(=O)c1cccc(C(=O)NNC(=O)c2cnc(C)cn2)c1. The third-order valence-corrected chi connectivity index (χ3v) is 5.42. The number of aromatic nitrogens is 2. The normalized spacial score (nSPS) is 10.8. The van der Waals surface area contributed by atoms with Crippen molar-refractivity contribution in [1.29, 1.82) is 0 Å². The van der Waals surface area contributed by atoms with Gasteiger partial charge in [-0.2, -0.15) is 0 Å². The molecule has 2 amide bonds. The van der Waals surface area contributed by atoms with E-state index in [0.717, 1.165) is 0 Å². The molecule has 0 spiro atoms. The van der Waals surface area contributed by atoms with E-state index in [4.69, 9.17) is 4.74 Å². The Balaban J connectivity index is 1.72. The lowest BCUT2D eigenvalue weighted by Crippen LogP contribution is -2.42. The lowest BCUT2D eigenvalue weighted by Gasteiger charge is -2.12. The minimum atomic E-state index is -4.00. The Morgan fingerprint density at radius 3 is 2.39 bits per heavy atom. The van der Waals surface area contributed by atoms with Crippen molar-refractivity contribution in [3.63, 3.8) is 0 Å². The maximum atomic E-state index is 12.7. The van der Waals surface area contributed by atoms with Crippen molar-refractivity contribution in [3.8, 4) is 5.75 Å². The van der Waals surface area contributed by atoms with Gasteiger partial charge in [-0.25, -0.2) is 13.4 Å². The van der Waals surface area contributed by atoms with E-state index in [-0.39, 0.29) is 21.8 Å². The lowest BCUT2D eigenvalue weighted by molar-refractivity contribution is 0.0843. The number of methoxy groups -OCH3 is 1. The molecule has 0 atom stereocenters. The molecule has 0 aliphatic carbocycles. The molecule has 3 N–H and O–H groups in total. The maximum absolute atomic E-state index is 12.7. The van der Waals surface area contributed by atoms with Gasteiger partial charge in [-0.05, 0) is 37.3 Å². The van der Waals surface area contributed by atoms with Crippen LogP contribution >= 0.6 is 0 Å². The van der Waals surface area contributed by atoms with Crippen LogP contribution < -0.4 is 20.3 Å². The summed E-state index contributed by atoms with van der Waals surface area (Å²) in [6.45, 7) is 1.72. The van der Waals surface area contributed by atoms with Crippen LogP contribution in [0.1, 0.15) is 26.5 Å². The Hall–Kier alpha value is -3.99. The van der Waals surface area contributed by atoms with E-state index in [1.807, 2.05) is 0 Å². The van der Waals surface area contributed by atoms with Gasteiger partial charge < -0.3 is 4.74 Å². The Bertz CT molecular complexity index is 1210. The number of nitrogens with one attached hydrogen (secondary N) is 3. The van der Waals surface area contributed by atoms with Gasteiger partial charge in [-0.1, -0.05) is 18.2 Å². The fourth-order valence-corrected chi connectivity index (χ4v) is 3.61. The summed E-state index contributed by atoms with van der Waals surface area (Å²) in [6.07, 6.45) is 2.69. The minimum absolute atomic E-state index is 0.0169. The summed E-state index contributed by atoms with van der Waals surface area (Å²) in [4.78, 5) is 32.1. The first kappa shape index (κ1) is 21.7. The molecule has 0 saturated carbocycles. The van der Waals surface area contributed by atoms with Crippen molar-refractivity contribution >= 4 is 27.5 Å². The summed E-state index contributed by atoms with van der Waals surface area (Å²) in [6, 6.07) is 11.9. The van der Waals surface area contributed by atoms with Crippen LogP contribution in [0.15, 0.2) is 65.8 Å². The first-order valence-corrected chi connectivity index (χ1v) is 10.4. The molecule has 1 heterocycles. The molecule has 0 saturated heterocycles. The van der Waals surface area contributed by atoms with Crippen molar-refractivity contribution in [3.05, 3.63) is 77.9 Å². The third kappa shape index (κ3) is 5.34. The molecule has 11 heteroatoms. The number of hydrogen-bond acceptors (Lipinski definition) is 7. The second-order valence-electron chi connectivity index (χ2n) is 6.28. The van der Waals surface area contributed by atoms with Crippen LogP contribution in [-0.4, -0.2) is 37.3 Å². The standard InChI is InChI=1S/C20H19N5O5S/c1-13-11-22-17(12-21-13)20(27)24-23-19(26)14-6-5-7-15(10-14)31(28,29)25-16-8-3-4-9-18(16)30-2/h3-12,25H,1-2H3,(H,23,26)(H,24,27). The summed E-state index contributed by atoms with van der Waals surface area (Å²) < 4.78 is 33.1. The number of hydrazine groups is 1. The average Bonchev–Trinajstić information content (AvgIpc) is 2.78. The number of nitrogens with zero attached hydrogens (tertiary/aromatic N) is 2. The summed E-state index contributed by atoms with van der Waals surface area (Å²) in [5.74, 6) is -1.02. The average molecular weight is 441 g/mol. The Labute approximate surface area is 178 Å². The summed E-state index contributed by atoms with van der Waals surface area (Å²) >= 11 is 0. The highest BCUT2D eigenvalue weighted by Gasteiger charge is 2.18. The Morgan fingerprint density at radius 1 is 0.935 bits per heavy atom. The molecule has 0 bridgehead atoms. The van der Waals surface area contributed by atoms with E-state index in [1.165, 1.54) is 43.8 Å². The molecule has 0 unspecified atom stereocenters. The summed E-state index contributed by atoms with van der Waals surface area (Å²) in [7, 11) is -2.57. The van der Waals surface area contributed by atoms with Gasteiger partial charge in [0, 0.05) is 11.8 Å². The number of amides is 2. The number of para-hydroxylation sites is 2. The van der Waals surface area contributed by atoms with Crippen molar-refractivity contribution in [2.24, 2.45) is 0 Å². The maximum Gasteiger partial charge on any atom is 0.289 e. The molecule has 10 nitrogen and oxygen atoms in total. The third-order valence-electron chi connectivity index (χ3n) is 4.06. The first-order chi connectivity index (χ1) is 14.8. The molecular weight excluding hydrogens is 422 g/mol. The summed E-state index contributed by atoms with van der Waals surface area (Å²) in [5.41, 5.74) is 5.36. The van der Waals surface area contributed by atoms with Crippen molar-refractivity contribution in [2.75, 3.05) is 11.8 Å². The van der Waals surface area contributed by atoms with Gasteiger partial charge in [0.05, 0.1) is 29.6 Å². The molecule has 0 fully saturated rings. The van der Waals surface area contributed by atoms with Gasteiger partial charge in [0.15, 0.2) is 0 Å². The number of carbonyl (C=O) groups is 2. The number of rotatable bonds is 6. The van der Waals surface area contributed by atoms with Crippen LogP contribution in [0, 0.1) is 6.92 Å². The second-order valence-corrected chi connectivity index (χ2v) is 7.97. The molecule has 0 aliphatic heterocycles. The molecule has 2 aromatic carbocycles. The topological polar surface area (TPSA) is 139 Å². The zero-order valence-corrected chi connectivity index (χ0v) is 17.4. The van der Waals surface area contributed by atoms with Gasteiger partial charge in [-0.3, -0.25) is 30.1 Å². The van der Waals surface area contributed by atoms with E-state index in [0.29, 0.717) is 11.4 Å². The number of ether oxygens (including phenoxy) is 1. The van der Waals surface area contributed by atoms with E-state index >= 15 is 0 Å². The molecule has 160 valence electrons. The number of carbonyl (C=O) groups excluding carboxylic acids is 2. The van der Waals surface area contributed by atoms with Crippen LogP contribution in [0.25, 0.3) is 0 Å². The van der Waals surface area contributed by atoms with Crippen molar-refractivity contribution in [1.82, 2.24) is 20.8 Å². The minimum Gasteiger partial charge on any atom is -0.495 e. The number of hydrogen-bond donors (Lipinski definition) is 3. The van der Waals surface area contributed by atoms with E-state index < -0.39 is 21.8 Å². The van der Waals surface area contributed by atoms with Crippen LogP contribution in [0.2, 0.25) is 0 Å². The van der Waals surface area contributed by atoms with Crippen LogP contribution in [0.3, 0.4) is 0 Å². The Morgan fingerprint density at radius 2 is 1.68 bits per heavy atom. The number of anilines is 1. The quantitative estimate of drug-likeness (QED) is 0.494. The number of benzene rings is 2. The van der Waals surface area contributed by atoms with Crippen LogP contribution in [0.5, 0.6) is 5.75 Å². The highest BCUT2D eigenvalue weighted by Crippen LogP contribution is 2.26. The highest BCUT2D eigenvalue weighted by molar-refractivity contribution is 7.92. The molecule has 0 aliphatic rings. The fraction of sp³-hybridized carbons (Fsp3) is 0.100. The number of sulfonamides is 1. The monoisotopic (exact) mass is 441 g/mol. The van der Waals surface area contributed by atoms with Gasteiger partial charge in [-0.15, -0.1) is 0 Å². The summed E-state index contributed by atoms with van der Waals surface area (Å²) in [5, 5.41) is 0. The second kappa shape index (κ2) is 9.22. The predicted molar refractivity (Wildman–Crippen MR) is 112 cm³/mol. The fourth-order valence-electron chi connectivity index (χ4n) is 2.50. The molecule has 3 aromatic rings. The van der Waals surface area contributed by atoms with Crippen LogP contribution in [-0.2, 0) is 10.0 Å². The molecule has 3 rings (SSSR count). The van der Waals surface area contributed by atoms with Gasteiger partial charge in [0.2, 0.25) is 0 Å².